The molecule has 0 aliphatic rings. The third kappa shape index (κ3) is 9.16. The van der Waals surface area contributed by atoms with E-state index in [4.69, 9.17) is 20.4 Å². The molecule has 11 heteroatoms. The van der Waals surface area contributed by atoms with Gasteiger partial charge in [-0.1, -0.05) is 24.3 Å². The van der Waals surface area contributed by atoms with Crippen LogP contribution >= 0.6 is 0 Å². The Morgan fingerprint density at radius 2 is 0.667 bits per heavy atom. The number of hydrogen-bond acceptors (Lipinski definition) is 4. The SMILES string of the molecule is O.O=C(O)c1ccccc1C(=O)O.O=C(O)c1ccccc1C(=O)O.[H-].[H-].[Na+].[Na+]. The van der Waals surface area contributed by atoms with Crippen LogP contribution < -0.4 is 59.1 Å². The van der Waals surface area contributed by atoms with Crippen molar-refractivity contribution in [1.82, 2.24) is 0 Å². The maximum Gasteiger partial charge on any atom is 1.00 e. The van der Waals surface area contributed by atoms with E-state index < -0.39 is 23.9 Å². The molecule has 0 heterocycles. The molecule has 27 heavy (non-hydrogen) atoms. The molecule has 0 spiro atoms. The predicted octanol–water partition coefficient (Wildman–Crippen LogP) is -4.43. The van der Waals surface area contributed by atoms with Gasteiger partial charge in [-0.25, -0.2) is 19.2 Å². The number of carboxylic acids is 4. The van der Waals surface area contributed by atoms with Crippen LogP contribution in [0.4, 0.5) is 0 Å². The van der Waals surface area contributed by atoms with Crippen molar-refractivity contribution in [1.29, 1.82) is 0 Å². The molecule has 2 aromatic carbocycles. The Morgan fingerprint density at radius 3 is 0.778 bits per heavy atom. The molecule has 9 nitrogen and oxygen atoms in total. The molecule has 0 fully saturated rings. The topological polar surface area (TPSA) is 181 Å². The van der Waals surface area contributed by atoms with E-state index in [0.29, 0.717) is 0 Å². The standard InChI is InChI=1S/2C8H6O4.2Na.H2O.2H/c2*9-7(10)5-3-1-2-4-6(5)8(11)12;;;;;/h2*1-4H,(H,9,10)(H,11,12);;;1H2;;/q;;2*+1;;2*-1. The first-order valence-electron chi connectivity index (χ1n) is 6.37. The Bertz CT molecular complexity index is 683. The summed E-state index contributed by atoms with van der Waals surface area (Å²) in [5.74, 6) is -4.91. The summed E-state index contributed by atoms with van der Waals surface area (Å²) in [5, 5.41) is 34.2. The van der Waals surface area contributed by atoms with Crippen LogP contribution in [0.1, 0.15) is 44.3 Å². The van der Waals surface area contributed by atoms with Crippen LogP contribution in [0.25, 0.3) is 0 Å². The first-order valence-corrected chi connectivity index (χ1v) is 6.37. The summed E-state index contributed by atoms with van der Waals surface area (Å²) in [6.07, 6.45) is 0. The summed E-state index contributed by atoms with van der Waals surface area (Å²) in [4.78, 5) is 41.9. The van der Waals surface area contributed by atoms with Crippen molar-refractivity contribution in [3.05, 3.63) is 70.8 Å². The molecule has 136 valence electrons. The second-order valence-corrected chi connectivity index (χ2v) is 4.31. The maximum absolute atomic E-state index is 10.5. The van der Waals surface area contributed by atoms with E-state index in [1.165, 1.54) is 48.5 Å². The van der Waals surface area contributed by atoms with Crippen molar-refractivity contribution in [3.8, 4) is 0 Å². The number of benzene rings is 2. The average molecular weight is 398 g/mol. The molecule has 0 saturated carbocycles. The van der Waals surface area contributed by atoms with Gasteiger partial charge in [-0.15, -0.1) is 0 Å². The second kappa shape index (κ2) is 14.4. The fourth-order valence-electron chi connectivity index (χ4n) is 1.71. The molecule has 0 saturated heterocycles. The van der Waals surface area contributed by atoms with Crippen LogP contribution in [-0.4, -0.2) is 49.8 Å². The summed E-state index contributed by atoms with van der Waals surface area (Å²) in [6, 6.07) is 11.0. The van der Waals surface area contributed by atoms with E-state index >= 15 is 0 Å². The Kier molecular flexibility index (Phi) is 16.0. The fraction of sp³-hybridized carbons (Fsp3) is 0. The van der Waals surface area contributed by atoms with Gasteiger partial charge in [-0.05, 0) is 24.3 Å². The number of carbonyl (C=O) groups is 4. The smallest absolute Gasteiger partial charge is 1.00 e. The zero-order valence-electron chi connectivity index (χ0n) is 16.5. The van der Waals surface area contributed by atoms with Gasteiger partial charge in [-0.2, -0.15) is 0 Å². The van der Waals surface area contributed by atoms with Crippen LogP contribution in [0.2, 0.25) is 0 Å². The molecule has 0 bridgehead atoms. The molecule has 2 rings (SSSR count). The summed E-state index contributed by atoms with van der Waals surface area (Å²) in [5.41, 5.74) is -0.759. The Morgan fingerprint density at radius 1 is 0.519 bits per heavy atom. The molecule has 2 aromatic rings. The van der Waals surface area contributed by atoms with Gasteiger partial charge in [0.05, 0.1) is 22.3 Å². The number of rotatable bonds is 4. The molecule has 0 amide bonds. The van der Waals surface area contributed by atoms with E-state index in [2.05, 4.69) is 0 Å². The van der Waals surface area contributed by atoms with Crippen LogP contribution in [-0.2, 0) is 0 Å². The summed E-state index contributed by atoms with van der Waals surface area (Å²) < 4.78 is 0. The Balaban J connectivity index is -0.000000113. The van der Waals surface area contributed by atoms with Gasteiger partial charge < -0.3 is 28.8 Å². The van der Waals surface area contributed by atoms with E-state index in [1.807, 2.05) is 0 Å². The fourth-order valence-corrected chi connectivity index (χ4v) is 1.71. The molecule has 0 aliphatic heterocycles. The first-order chi connectivity index (χ1) is 11.3. The van der Waals surface area contributed by atoms with Crippen molar-refractivity contribution < 1.29 is 107 Å². The molecular weight excluding hydrogens is 382 g/mol. The van der Waals surface area contributed by atoms with E-state index in [9.17, 15) is 19.2 Å². The molecule has 6 N–H and O–H groups in total. The largest absolute Gasteiger partial charge is 1.00 e. The monoisotopic (exact) mass is 398 g/mol. The normalized spacial score (nSPS) is 8.30. The predicted molar refractivity (Wildman–Crippen MR) is 86.6 cm³/mol. The van der Waals surface area contributed by atoms with Crippen LogP contribution in [0.3, 0.4) is 0 Å². The number of hydrogen-bond donors (Lipinski definition) is 4. The van der Waals surface area contributed by atoms with Gasteiger partial charge in [-0.3, -0.25) is 0 Å². The van der Waals surface area contributed by atoms with Gasteiger partial charge in [0, 0.05) is 0 Å². The molecular formula is C16H16Na2O9. The summed E-state index contributed by atoms with van der Waals surface area (Å²) in [7, 11) is 0. The molecule has 0 unspecified atom stereocenters. The Hall–Kier alpha value is -1.72. The van der Waals surface area contributed by atoms with E-state index in [0.717, 1.165) is 0 Å². The molecule has 0 atom stereocenters. The number of carboxylic acid groups (broad SMARTS) is 4. The minimum atomic E-state index is -1.23. The minimum absolute atomic E-state index is 0. The van der Waals surface area contributed by atoms with E-state index in [1.54, 1.807) is 0 Å². The van der Waals surface area contributed by atoms with Gasteiger partial charge in [0.1, 0.15) is 0 Å². The van der Waals surface area contributed by atoms with Crippen molar-refractivity contribution in [3.63, 3.8) is 0 Å². The quantitative estimate of drug-likeness (QED) is 0.372. The third-order valence-corrected chi connectivity index (χ3v) is 2.78. The third-order valence-electron chi connectivity index (χ3n) is 2.78. The van der Waals surface area contributed by atoms with Crippen LogP contribution in [0.15, 0.2) is 48.5 Å². The van der Waals surface area contributed by atoms with Crippen LogP contribution in [0, 0.1) is 0 Å². The maximum atomic E-state index is 10.5. The average Bonchev–Trinajstić information content (AvgIpc) is 2.55. The van der Waals surface area contributed by atoms with E-state index in [-0.39, 0.29) is 89.7 Å². The summed E-state index contributed by atoms with van der Waals surface area (Å²) in [6.45, 7) is 0. The van der Waals surface area contributed by atoms with Gasteiger partial charge in [0.15, 0.2) is 0 Å². The van der Waals surface area contributed by atoms with Gasteiger partial charge in [0.25, 0.3) is 0 Å². The minimum Gasteiger partial charge on any atom is -1.00 e. The number of aromatic carboxylic acids is 4. The van der Waals surface area contributed by atoms with Gasteiger partial charge >= 0.3 is 83.0 Å². The second-order valence-electron chi connectivity index (χ2n) is 4.31. The molecule has 0 aliphatic carbocycles. The van der Waals surface area contributed by atoms with Crippen LogP contribution in [0.5, 0.6) is 0 Å². The Labute approximate surface area is 200 Å². The zero-order chi connectivity index (χ0) is 18.3. The van der Waals surface area contributed by atoms with Crippen molar-refractivity contribution in [2.24, 2.45) is 0 Å². The zero-order valence-corrected chi connectivity index (χ0v) is 18.5. The first kappa shape index (κ1) is 30.0. The van der Waals surface area contributed by atoms with Crippen molar-refractivity contribution in [2.45, 2.75) is 0 Å². The molecule has 0 aromatic heterocycles. The summed E-state index contributed by atoms with van der Waals surface area (Å²) >= 11 is 0. The van der Waals surface area contributed by atoms with Crippen molar-refractivity contribution >= 4 is 23.9 Å². The van der Waals surface area contributed by atoms with Crippen molar-refractivity contribution in [2.75, 3.05) is 0 Å². The van der Waals surface area contributed by atoms with Gasteiger partial charge in [0.2, 0.25) is 0 Å². The molecule has 0 radical (unpaired) electrons.